The molecule has 0 saturated heterocycles. The van der Waals surface area contributed by atoms with Gasteiger partial charge < -0.3 is 10.1 Å². The van der Waals surface area contributed by atoms with Crippen molar-refractivity contribution < 1.29 is 18.3 Å². The van der Waals surface area contributed by atoms with Gasteiger partial charge in [-0.25, -0.2) is 13.6 Å². The van der Waals surface area contributed by atoms with Crippen molar-refractivity contribution in [1.29, 1.82) is 5.41 Å². The van der Waals surface area contributed by atoms with Crippen LogP contribution in [0.15, 0.2) is 12.3 Å². The first-order valence-electron chi connectivity index (χ1n) is 3.43. The third-order valence-corrected chi connectivity index (χ3v) is 1.05. The molecule has 0 bridgehead atoms. The highest BCUT2D eigenvalue weighted by Gasteiger charge is 2.04. The lowest BCUT2D eigenvalue weighted by Gasteiger charge is -1.98. The van der Waals surface area contributed by atoms with Crippen molar-refractivity contribution in [2.75, 3.05) is 13.7 Å². The molecule has 0 amide bonds. The Morgan fingerprint density at radius 2 is 2.31 bits per heavy atom. The van der Waals surface area contributed by atoms with Gasteiger partial charge >= 0.3 is 5.97 Å². The minimum absolute atomic E-state index is 0.399. The number of hydrogen-bond donors (Lipinski definition) is 2. The summed E-state index contributed by atoms with van der Waals surface area (Å²) in [5.74, 6) is -0.810. The van der Waals surface area contributed by atoms with E-state index < -0.39 is 24.7 Å². The Morgan fingerprint density at radius 1 is 1.69 bits per heavy atom. The van der Waals surface area contributed by atoms with Gasteiger partial charge in [-0.2, -0.15) is 0 Å². The SMILES string of the molecule is COC(=O)C(=N)/C=C\NCC(F)F. The standard InChI is InChI=1S/C7H10F2N2O2/c1-13-7(12)5(10)2-3-11-4-6(8)9/h2-3,6,10-11H,4H2,1H3/b3-2-,10-5?. The van der Waals surface area contributed by atoms with E-state index in [4.69, 9.17) is 5.41 Å². The maximum atomic E-state index is 11.5. The lowest BCUT2D eigenvalue weighted by Crippen LogP contribution is -2.17. The fraction of sp³-hybridized carbons (Fsp3) is 0.429. The molecule has 0 aliphatic rings. The maximum Gasteiger partial charge on any atom is 0.355 e. The summed E-state index contributed by atoms with van der Waals surface area (Å²) in [6.07, 6.45) is -0.309. The molecule has 2 N–H and O–H groups in total. The number of alkyl halides is 2. The van der Waals surface area contributed by atoms with E-state index in [0.29, 0.717) is 0 Å². The molecule has 13 heavy (non-hydrogen) atoms. The lowest BCUT2D eigenvalue weighted by molar-refractivity contribution is -0.132. The highest BCUT2D eigenvalue weighted by molar-refractivity contribution is 6.39. The maximum absolute atomic E-state index is 11.5. The number of methoxy groups -OCH3 is 1. The van der Waals surface area contributed by atoms with Crippen LogP contribution in [0, 0.1) is 5.41 Å². The summed E-state index contributed by atoms with van der Waals surface area (Å²) in [5, 5.41) is 9.21. The summed E-state index contributed by atoms with van der Waals surface area (Å²) in [5.41, 5.74) is -0.399. The molecule has 0 unspecified atom stereocenters. The zero-order chi connectivity index (χ0) is 10.3. The van der Waals surface area contributed by atoms with E-state index in [-0.39, 0.29) is 0 Å². The topological polar surface area (TPSA) is 62.2 Å². The minimum atomic E-state index is -2.46. The van der Waals surface area contributed by atoms with Gasteiger partial charge in [0.2, 0.25) is 0 Å². The quantitative estimate of drug-likeness (QED) is 0.494. The van der Waals surface area contributed by atoms with Crippen molar-refractivity contribution in [2.24, 2.45) is 0 Å². The van der Waals surface area contributed by atoms with Crippen molar-refractivity contribution in [1.82, 2.24) is 5.32 Å². The molecule has 0 spiro atoms. The van der Waals surface area contributed by atoms with Crippen molar-refractivity contribution in [3.05, 3.63) is 12.3 Å². The third kappa shape index (κ3) is 5.77. The molecule has 0 aromatic carbocycles. The predicted octanol–water partition coefficient (Wildman–Crippen LogP) is 0.548. The van der Waals surface area contributed by atoms with E-state index in [1.54, 1.807) is 0 Å². The van der Waals surface area contributed by atoms with Crippen LogP contribution in [0.3, 0.4) is 0 Å². The van der Waals surface area contributed by atoms with Gasteiger partial charge in [-0.15, -0.1) is 0 Å². The highest BCUT2D eigenvalue weighted by atomic mass is 19.3. The molecule has 0 aliphatic carbocycles. The first-order chi connectivity index (χ1) is 6.07. The molecule has 0 atom stereocenters. The molecular weight excluding hydrogens is 182 g/mol. The van der Waals surface area contributed by atoms with Gasteiger partial charge in [0.25, 0.3) is 6.43 Å². The Kier molecular flexibility index (Phi) is 5.42. The molecule has 0 aromatic heterocycles. The van der Waals surface area contributed by atoms with E-state index in [9.17, 15) is 13.6 Å². The first kappa shape index (κ1) is 11.5. The Bertz CT molecular complexity index is 217. The van der Waals surface area contributed by atoms with Gasteiger partial charge in [-0.1, -0.05) is 0 Å². The number of halogens is 2. The number of carbonyl (C=O) groups excluding carboxylic acids is 1. The molecule has 4 nitrogen and oxygen atoms in total. The monoisotopic (exact) mass is 192 g/mol. The predicted molar refractivity (Wildman–Crippen MR) is 42.9 cm³/mol. The van der Waals surface area contributed by atoms with E-state index in [1.165, 1.54) is 0 Å². The second-order valence-electron chi connectivity index (χ2n) is 2.04. The van der Waals surface area contributed by atoms with Crippen LogP contribution in [0.5, 0.6) is 0 Å². The Morgan fingerprint density at radius 3 is 2.77 bits per heavy atom. The molecule has 0 fully saturated rings. The molecular formula is C7H10F2N2O2. The van der Waals surface area contributed by atoms with Gasteiger partial charge in [-0.05, 0) is 12.3 Å². The molecule has 0 radical (unpaired) electrons. The Labute approximate surface area is 74.1 Å². The van der Waals surface area contributed by atoms with Crippen LogP contribution in [0.25, 0.3) is 0 Å². The number of esters is 1. The van der Waals surface area contributed by atoms with Gasteiger partial charge in [0.15, 0.2) is 0 Å². The van der Waals surface area contributed by atoms with Crippen LogP contribution in [-0.4, -0.2) is 31.8 Å². The normalized spacial score (nSPS) is 10.5. The van der Waals surface area contributed by atoms with Crippen LogP contribution >= 0.6 is 0 Å². The molecule has 6 heteroatoms. The summed E-state index contributed by atoms with van der Waals surface area (Å²) in [7, 11) is 1.14. The zero-order valence-electron chi connectivity index (χ0n) is 7.01. The number of carbonyl (C=O) groups is 1. The van der Waals surface area contributed by atoms with Crippen LogP contribution < -0.4 is 5.32 Å². The van der Waals surface area contributed by atoms with Gasteiger partial charge in [-0.3, -0.25) is 5.41 Å². The number of ether oxygens (including phenoxy) is 1. The summed E-state index contributed by atoms with van der Waals surface area (Å²) >= 11 is 0. The first-order valence-corrected chi connectivity index (χ1v) is 3.43. The van der Waals surface area contributed by atoms with E-state index in [2.05, 4.69) is 10.1 Å². The zero-order valence-corrected chi connectivity index (χ0v) is 7.01. The molecule has 74 valence electrons. The van der Waals surface area contributed by atoms with E-state index >= 15 is 0 Å². The third-order valence-electron chi connectivity index (χ3n) is 1.05. The van der Waals surface area contributed by atoms with Gasteiger partial charge in [0, 0.05) is 0 Å². The molecule has 0 saturated carbocycles. The smallest absolute Gasteiger partial charge is 0.355 e. The Hall–Kier alpha value is -1.46. The van der Waals surface area contributed by atoms with Crippen molar-refractivity contribution in [3.8, 4) is 0 Å². The van der Waals surface area contributed by atoms with Gasteiger partial charge in [0.05, 0.1) is 13.7 Å². The van der Waals surface area contributed by atoms with Crippen LogP contribution in [0.2, 0.25) is 0 Å². The van der Waals surface area contributed by atoms with E-state index in [1.807, 2.05) is 0 Å². The van der Waals surface area contributed by atoms with Crippen LogP contribution in [0.1, 0.15) is 0 Å². The number of rotatable bonds is 5. The second kappa shape index (κ2) is 6.10. The lowest BCUT2D eigenvalue weighted by atomic mass is 10.4. The average molecular weight is 192 g/mol. The summed E-state index contributed by atoms with van der Waals surface area (Å²) in [6, 6.07) is 0. The van der Waals surface area contributed by atoms with Crippen molar-refractivity contribution in [3.63, 3.8) is 0 Å². The van der Waals surface area contributed by atoms with Crippen molar-refractivity contribution in [2.45, 2.75) is 6.43 Å². The fourth-order valence-corrected chi connectivity index (χ4v) is 0.477. The largest absolute Gasteiger partial charge is 0.464 e. The highest BCUT2D eigenvalue weighted by Crippen LogP contribution is 1.87. The molecule has 0 rings (SSSR count). The Balaban J connectivity index is 3.72. The number of nitrogens with one attached hydrogen (secondary N) is 2. The van der Waals surface area contributed by atoms with E-state index in [0.717, 1.165) is 19.4 Å². The van der Waals surface area contributed by atoms with Crippen LogP contribution in [0.4, 0.5) is 8.78 Å². The van der Waals surface area contributed by atoms with Crippen LogP contribution in [-0.2, 0) is 9.53 Å². The number of hydrogen-bond acceptors (Lipinski definition) is 4. The summed E-state index contributed by atoms with van der Waals surface area (Å²) in [6.45, 7) is -0.509. The minimum Gasteiger partial charge on any atom is -0.464 e. The average Bonchev–Trinajstić information content (AvgIpc) is 2.10. The molecule has 0 aliphatic heterocycles. The van der Waals surface area contributed by atoms with Crippen molar-refractivity contribution >= 4 is 11.7 Å². The summed E-state index contributed by atoms with van der Waals surface area (Å²) < 4.78 is 27.3. The van der Waals surface area contributed by atoms with Gasteiger partial charge in [0.1, 0.15) is 5.71 Å². The summed E-state index contributed by atoms with van der Waals surface area (Å²) in [4.78, 5) is 10.6. The molecule has 0 aromatic rings. The fourth-order valence-electron chi connectivity index (χ4n) is 0.477. The molecule has 0 heterocycles. The second-order valence-corrected chi connectivity index (χ2v) is 2.04.